The van der Waals surface area contributed by atoms with Crippen LogP contribution >= 0.6 is 0 Å². The van der Waals surface area contributed by atoms with Gasteiger partial charge in [0.25, 0.3) is 11.1 Å². The number of hydrogen-bond donors (Lipinski definition) is 2. The van der Waals surface area contributed by atoms with Crippen molar-refractivity contribution in [1.82, 2.24) is 29.4 Å². The summed E-state index contributed by atoms with van der Waals surface area (Å²) in [5.74, 6) is 0.826. The summed E-state index contributed by atoms with van der Waals surface area (Å²) in [6, 6.07) is 26.0. The Balaban J connectivity index is 0.000000159. The number of rotatable bonds is 5. The number of methoxy groups -OCH3 is 1. The van der Waals surface area contributed by atoms with E-state index < -0.39 is 0 Å². The van der Waals surface area contributed by atoms with Crippen LogP contribution in [-0.4, -0.2) is 78.2 Å². The second-order valence-corrected chi connectivity index (χ2v) is 12.5. The monoisotopic (exact) mass is 681 g/mol. The minimum absolute atomic E-state index is 0.0737. The molecule has 2 aliphatic heterocycles. The lowest BCUT2D eigenvalue weighted by atomic mass is 10.1. The fraction of sp³-hybridized carbons (Fsp3) is 0.256. The number of nitrogens with one attached hydrogen (secondary N) is 2. The molecule has 6 heterocycles. The van der Waals surface area contributed by atoms with Crippen LogP contribution in [0.3, 0.4) is 0 Å². The number of benzene rings is 2. The first-order valence-corrected chi connectivity index (χ1v) is 17.0. The predicted molar refractivity (Wildman–Crippen MR) is 200 cm³/mol. The molecule has 12 nitrogen and oxygen atoms in total. The standard InChI is InChI=1S/C20H22N4O2.C19H17N5O/c1-14-11-15(3-5-18(14)26-2)17-12-20(25)24-13-16(4-6-19(24)22-17)23-9-7-21-8-10-23;20-12-14-2-1-3-15(10-14)17-11-19(25)24-13-16(4-5-18(24)22-17)23-8-6-21-7-9-23/h3-6,11-13,21H,7-10H2,1-2H3;1-5,10-11,13,21H,6-9H2. The van der Waals surface area contributed by atoms with Gasteiger partial charge in [-0.15, -0.1) is 0 Å². The summed E-state index contributed by atoms with van der Waals surface area (Å²) < 4.78 is 8.51. The molecule has 4 aromatic heterocycles. The number of piperazine rings is 2. The first-order chi connectivity index (χ1) is 24.9. The van der Waals surface area contributed by atoms with Crippen molar-refractivity contribution >= 4 is 22.7 Å². The Hall–Kier alpha value is -6.03. The van der Waals surface area contributed by atoms with E-state index in [1.807, 2.05) is 67.8 Å². The first-order valence-electron chi connectivity index (χ1n) is 17.0. The Kier molecular flexibility index (Phi) is 9.74. The SMILES string of the molecule is COc1ccc(-c2cc(=O)n3cc(N4CCNCC4)ccc3n2)cc1C.N#Cc1cccc(-c2cc(=O)n3cc(N4CCNCC4)ccc3n2)c1. The Morgan fingerprint density at radius 3 is 1.71 bits per heavy atom. The van der Waals surface area contributed by atoms with Crippen molar-refractivity contribution in [3.63, 3.8) is 0 Å². The van der Waals surface area contributed by atoms with E-state index in [-0.39, 0.29) is 11.1 Å². The van der Waals surface area contributed by atoms with Gasteiger partial charge in [-0.3, -0.25) is 18.4 Å². The smallest absolute Gasteiger partial charge is 0.258 e. The predicted octanol–water partition coefficient (Wildman–Crippen LogP) is 3.73. The highest BCUT2D eigenvalue weighted by molar-refractivity contribution is 5.66. The van der Waals surface area contributed by atoms with E-state index in [2.05, 4.69) is 36.5 Å². The quantitative estimate of drug-likeness (QED) is 0.278. The van der Waals surface area contributed by atoms with E-state index in [0.717, 1.165) is 86.2 Å². The largest absolute Gasteiger partial charge is 0.496 e. The maximum Gasteiger partial charge on any atom is 0.258 e. The van der Waals surface area contributed by atoms with E-state index in [1.54, 1.807) is 40.2 Å². The normalized spacial score (nSPS) is 14.5. The number of pyridine rings is 2. The van der Waals surface area contributed by atoms with E-state index in [4.69, 9.17) is 10.00 Å². The van der Waals surface area contributed by atoms with Gasteiger partial charge in [-0.05, 0) is 67.1 Å². The third-order valence-corrected chi connectivity index (χ3v) is 9.23. The highest BCUT2D eigenvalue weighted by Crippen LogP contribution is 2.25. The summed E-state index contributed by atoms with van der Waals surface area (Å²) in [5.41, 5.74) is 7.63. The molecular weight excluding hydrogens is 642 g/mol. The topological polar surface area (TPSA) is 132 Å². The Morgan fingerprint density at radius 1 is 0.686 bits per heavy atom. The van der Waals surface area contributed by atoms with Crippen molar-refractivity contribution in [2.24, 2.45) is 0 Å². The number of anilines is 2. The molecule has 0 radical (unpaired) electrons. The number of fused-ring (bicyclic) bond motifs is 2. The number of nitrogens with zero attached hydrogens (tertiary/aromatic N) is 7. The summed E-state index contributed by atoms with van der Waals surface area (Å²) in [5, 5.41) is 15.7. The molecule has 258 valence electrons. The maximum atomic E-state index is 12.7. The molecule has 2 saturated heterocycles. The van der Waals surface area contributed by atoms with Gasteiger partial charge in [0.1, 0.15) is 17.0 Å². The molecule has 8 rings (SSSR count). The number of hydrogen-bond acceptors (Lipinski definition) is 10. The molecule has 2 aliphatic rings. The third kappa shape index (κ3) is 7.30. The van der Waals surface area contributed by atoms with Crippen LogP contribution in [0.2, 0.25) is 0 Å². The fourth-order valence-electron chi connectivity index (χ4n) is 6.48. The number of aryl methyl sites for hydroxylation is 1. The van der Waals surface area contributed by atoms with E-state index >= 15 is 0 Å². The molecule has 2 aromatic carbocycles. The van der Waals surface area contributed by atoms with Gasteiger partial charge in [0.2, 0.25) is 0 Å². The zero-order chi connectivity index (χ0) is 35.3. The van der Waals surface area contributed by atoms with E-state index in [1.165, 1.54) is 6.07 Å². The van der Waals surface area contributed by atoms with Crippen molar-refractivity contribution in [3.05, 3.63) is 123 Å². The third-order valence-electron chi connectivity index (χ3n) is 9.23. The van der Waals surface area contributed by atoms with Crippen LogP contribution in [0, 0.1) is 18.3 Å². The summed E-state index contributed by atoms with van der Waals surface area (Å²) in [6.07, 6.45) is 3.74. The number of nitriles is 1. The summed E-state index contributed by atoms with van der Waals surface area (Å²) in [7, 11) is 1.65. The van der Waals surface area contributed by atoms with Gasteiger partial charge in [-0.2, -0.15) is 5.26 Å². The van der Waals surface area contributed by atoms with Crippen LogP contribution in [0.1, 0.15) is 11.1 Å². The van der Waals surface area contributed by atoms with Crippen LogP contribution in [0.5, 0.6) is 5.75 Å². The lowest BCUT2D eigenvalue weighted by molar-refractivity contribution is 0.412. The lowest BCUT2D eigenvalue weighted by Gasteiger charge is -2.29. The Bertz CT molecular complexity index is 2370. The molecular formula is C39H39N9O3. The first kappa shape index (κ1) is 33.5. The second-order valence-electron chi connectivity index (χ2n) is 12.5. The van der Waals surface area contributed by atoms with Gasteiger partial charge in [0.15, 0.2) is 0 Å². The molecule has 0 aliphatic carbocycles. The minimum atomic E-state index is -0.126. The highest BCUT2D eigenvalue weighted by Gasteiger charge is 2.14. The van der Waals surface area contributed by atoms with Crippen molar-refractivity contribution in [1.29, 1.82) is 5.26 Å². The van der Waals surface area contributed by atoms with Gasteiger partial charge in [0, 0.05) is 88.0 Å². The van der Waals surface area contributed by atoms with Gasteiger partial charge < -0.3 is 25.2 Å². The van der Waals surface area contributed by atoms with Gasteiger partial charge in [-0.1, -0.05) is 12.1 Å². The molecule has 0 spiro atoms. The molecule has 12 heteroatoms. The van der Waals surface area contributed by atoms with Crippen LogP contribution in [0.25, 0.3) is 33.8 Å². The molecule has 51 heavy (non-hydrogen) atoms. The average Bonchev–Trinajstić information content (AvgIpc) is 3.18. The van der Waals surface area contributed by atoms with E-state index in [9.17, 15) is 9.59 Å². The molecule has 0 saturated carbocycles. The number of ether oxygens (including phenoxy) is 1. The molecule has 0 amide bonds. The molecule has 0 unspecified atom stereocenters. The van der Waals surface area contributed by atoms with Gasteiger partial charge in [0.05, 0.1) is 41.5 Å². The second kappa shape index (κ2) is 14.8. The van der Waals surface area contributed by atoms with Crippen LogP contribution in [0.15, 0.2) is 101 Å². The van der Waals surface area contributed by atoms with Crippen LogP contribution in [-0.2, 0) is 0 Å². The number of aromatic nitrogens is 4. The zero-order valence-corrected chi connectivity index (χ0v) is 28.7. The summed E-state index contributed by atoms with van der Waals surface area (Å²) >= 11 is 0. The van der Waals surface area contributed by atoms with Crippen LogP contribution in [0.4, 0.5) is 11.4 Å². The molecule has 2 fully saturated rings. The highest BCUT2D eigenvalue weighted by atomic mass is 16.5. The van der Waals surface area contributed by atoms with Crippen molar-refractivity contribution in [2.45, 2.75) is 6.92 Å². The van der Waals surface area contributed by atoms with Crippen LogP contribution < -0.4 is 36.3 Å². The Morgan fingerprint density at radius 2 is 1.22 bits per heavy atom. The summed E-state index contributed by atoms with van der Waals surface area (Å²) in [6.45, 7) is 9.52. The maximum absolute atomic E-state index is 12.7. The fourth-order valence-corrected chi connectivity index (χ4v) is 6.48. The van der Waals surface area contributed by atoms with E-state index in [0.29, 0.717) is 28.2 Å². The van der Waals surface area contributed by atoms with Crippen molar-refractivity contribution in [2.75, 3.05) is 69.3 Å². The molecule has 0 atom stereocenters. The van der Waals surface area contributed by atoms with Crippen molar-refractivity contribution in [3.8, 4) is 34.3 Å². The average molecular weight is 682 g/mol. The summed E-state index contributed by atoms with van der Waals surface area (Å²) in [4.78, 5) is 39.1. The van der Waals surface area contributed by atoms with Gasteiger partial charge in [-0.25, -0.2) is 9.97 Å². The molecule has 6 aromatic rings. The van der Waals surface area contributed by atoms with Crippen molar-refractivity contribution < 1.29 is 4.74 Å². The zero-order valence-electron chi connectivity index (χ0n) is 28.7. The molecule has 0 bridgehead atoms. The Labute approximate surface area is 295 Å². The lowest BCUT2D eigenvalue weighted by Crippen LogP contribution is -2.43. The minimum Gasteiger partial charge on any atom is -0.496 e. The molecule has 2 N–H and O–H groups in total. The van der Waals surface area contributed by atoms with Gasteiger partial charge >= 0.3 is 0 Å².